The summed E-state index contributed by atoms with van der Waals surface area (Å²) in [5, 5.41) is 2.80. The third-order valence-corrected chi connectivity index (χ3v) is 7.35. The number of carbonyl (C=O) groups excluding carboxylic acids is 2. The summed E-state index contributed by atoms with van der Waals surface area (Å²) in [5.41, 5.74) is 19.7. The van der Waals surface area contributed by atoms with Crippen LogP contribution in [0.15, 0.2) is 36.5 Å². The Labute approximate surface area is 178 Å². The predicted molar refractivity (Wildman–Crippen MR) is 122 cm³/mol. The average molecular weight is 442 g/mol. The molecule has 2 atom stereocenters. The van der Waals surface area contributed by atoms with Gasteiger partial charge in [0, 0.05) is 35.2 Å². The second kappa shape index (κ2) is 11.6. The van der Waals surface area contributed by atoms with Gasteiger partial charge in [-0.15, -0.1) is 11.8 Å². The molecule has 0 saturated carbocycles. The Balaban J connectivity index is 1.77. The van der Waals surface area contributed by atoms with Gasteiger partial charge >= 0.3 is 0 Å². The van der Waals surface area contributed by atoms with Crippen molar-refractivity contribution in [3.8, 4) is 0 Å². The first-order valence-electron chi connectivity index (χ1n) is 8.82. The number of nitrogens with one attached hydrogen (secondary N) is 1. The lowest BCUT2D eigenvalue weighted by Crippen LogP contribution is -2.43. The lowest BCUT2D eigenvalue weighted by atomic mass is 10.1. The molecule has 0 bridgehead atoms. The van der Waals surface area contributed by atoms with E-state index < -0.39 is 12.1 Å². The molecule has 2 amide bonds. The second-order valence-corrected chi connectivity index (χ2v) is 10.0. The molecule has 10 heteroatoms. The fourth-order valence-electron chi connectivity index (χ4n) is 2.44. The van der Waals surface area contributed by atoms with Crippen LogP contribution in [0.2, 0.25) is 0 Å². The van der Waals surface area contributed by atoms with Gasteiger partial charge in [-0.05, 0) is 24.1 Å². The van der Waals surface area contributed by atoms with Gasteiger partial charge in [0.25, 0.3) is 0 Å². The monoisotopic (exact) mass is 441 g/mol. The summed E-state index contributed by atoms with van der Waals surface area (Å²) in [6.45, 7) is 4.38. The molecule has 0 aliphatic carbocycles. The van der Waals surface area contributed by atoms with Crippen LogP contribution in [0.25, 0.3) is 0 Å². The highest BCUT2D eigenvalue weighted by Gasteiger charge is 2.24. The molecular formula is C18H27N5O2S3. The zero-order valence-corrected chi connectivity index (χ0v) is 18.1. The standard InChI is InChI=1S/C18H27N5O2S3/c1-12(19)9-27-28-10-16(21)17(24)22-14-4-2-13(3-5-14)8-15(20)18(25)23-6-7-26-11-23/h2-5,15-16H,1,6-11,19-21H2,(H,22,24). The molecule has 1 aliphatic heterocycles. The van der Waals surface area contributed by atoms with Crippen molar-refractivity contribution in [2.75, 3.05) is 35.0 Å². The van der Waals surface area contributed by atoms with Gasteiger partial charge in [0.1, 0.15) is 0 Å². The summed E-state index contributed by atoms with van der Waals surface area (Å²) in [7, 11) is 3.01. The number of hydrogen-bond acceptors (Lipinski definition) is 8. The number of amides is 2. The van der Waals surface area contributed by atoms with Crippen molar-refractivity contribution in [2.45, 2.75) is 18.5 Å². The molecule has 1 aliphatic rings. The van der Waals surface area contributed by atoms with Crippen LogP contribution in [-0.4, -0.2) is 58.5 Å². The maximum absolute atomic E-state index is 12.3. The maximum Gasteiger partial charge on any atom is 0.242 e. The van der Waals surface area contributed by atoms with E-state index in [-0.39, 0.29) is 11.8 Å². The summed E-state index contributed by atoms with van der Waals surface area (Å²) in [6.07, 6.45) is 0.466. The van der Waals surface area contributed by atoms with Gasteiger partial charge in [0.05, 0.1) is 18.0 Å². The average Bonchev–Trinajstić information content (AvgIpc) is 3.20. The Kier molecular flexibility index (Phi) is 9.52. The van der Waals surface area contributed by atoms with E-state index in [0.29, 0.717) is 29.3 Å². The van der Waals surface area contributed by atoms with E-state index in [0.717, 1.165) is 23.7 Å². The number of nitrogens with zero attached hydrogens (tertiary/aromatic N) is 1. The van der Waals surface area contributed by atoms with Crippen molar-refractivity contribution in [3.05, 3.63) is 42.1 Å². The molecule has 7 N–H and O–H groups in total. The highest BCUT2D eigenvalue weighted by Crippen LogP contribution is 2.23. The molecule has 1 heterocycles. The van der Waals surface area contributed by atoms with Crippen LogP contribution in [0, 0.1) is 0 Å². The Hall–Kier alpha value is -1.33. The summed E-state index contributed by atoms with van der Waals surface area (Å²) >= 11 is 1.74. The van der Waals surface area contributed by atoms with Crippen molar-refractivity contribution >= 4 is 50.9 Å². The summed E-state index contributed by atoms with van der Waals surface area (Å²) in [4.78, 5) is 26.2. The Morgan fingerprint density at radius 2 is 1.93 bits per heavy atom. The number of thioether (sulfide) groups is 1. The van der Waals surface area contributed by atoms with E-state index in [1.807, 2.05) is 12.1 Å². The topological polar surface area (TPSA) is 127 Å². The van der Waals surface area contributed by atoms with Gasteiger partial charge in [-0.3, -0.25) is 9.59 Å². The first kappa shape index (κ1) is 23.0. The van der Waals surface area contributed by atoms with Crippen molar-refractivity contribution in [1.29, 1.82) is 0 Å². The Morgan fingerprint density at radius 3 is 2.54 bits per heavy atom. The van der Waals surface area contributed by atoms with Gasteiger partial charge in [-0.1, -0.05) is 40.3 Å². The summed E-state index contributed by atoms with van der Waals surface area (Å²) in [5.74, 6) is 2.53. The molecule has 0 aromatic heterocycles. The van der Waals surface area contributed by atoms with Gasteiger partial charge in [0.15, 0.2) is 0 Å². The van der Waals surface area contributed by atoms with Crippen LogP contribution in [0.1, 0.15) is 5.56 Å². The zero-order valence-electron chi connectivity index (χ0n) is 15.6. The van der Waals surface area contributed by atoms with Crippen molar-refractivity contribution in [1.82, 2.24) is 4.90 Å². The van der Waals surface area contributed by atoms with Crippen LogP contribution in [0.3, 0.4) is 0 Å². The molecule has 1 saturated heterocycles. The highest BCUT2D eigenvalue weighted by atomic mass is 33.1. The smallest absolute Gasteiger partial charge is 0.242 e. The van der Waals surface area contributed by atoms with Gasteiger partial charge in [-0.25, -0.2) is 0 Å². The SMILES string of the molecule is C=C(N)CSSCC(N)C(=O)Nc1ccc(CC(N)C(=O)N2CCSC2)cc1. The van der Waals surface area contributed by atoms with Crippen LogP contribution in [0.4, 0.5) is 5.69 Å². The molecular weight excluding hydrogens is 414 g/mol. The fourth-order valence-corrected chi connectivity index (χ4v) is 5.45. The minimum atomic E-state index is -0.618. The van der Waals surface area contributed by atoms with E-state index in [1.54, 1.807) is 28.8 Å². The summed E-state index contributed by atoms with van der Waals surface area (Å²) < 4.78 is 0. The minimum Gasteiger partial charge on any atom is -0.402 e. The van der Waals surface area contributed by atoms with Crippen molar-refractivity contribution in [2.24, 2.45) is 17.2 Å². The fraction of sp³-hybridized carbons (Fsp3) is 0.444. The van der Waals surface area contributed by atoms with Gasteiger partial charge in [-0.2, -0.15) is 0 Å². The molecule has 0 spiro atoms. The van der Waals surface area contributed by atoms with E-state index in [9.17, 15) is 9.59 Å². The maximum atomic E-state index is 12.3. The molecule has 1 aromatic carbocycles. The second-order valence-electron chi connectivity index (χ2n) is 6.45. The van der Waals surface area contributed by atoms with E-state index in [4.69, 9.17) is 17.2 Å². The first-order valence-corrected chi connectivity index (χ1v) is 12.5. The van der Waals surface area contributed by atoms with E-state index in [2.05, 4.69) is 11.9 Å². The first-order chi connectivity index (χ1) is 13.4. The largest absolute Gasteiger partial charge is 0.402 e. The van der Waals surface area contributed by atoms with Crippen LogP contribution >= 0.6 is 33.3 Å². The number of rotatable bonds is 10. The summed E-state index contributed by atoms with van der Waals surface area (Å²) in [6, 6.07) is 6.15. The predicted octanol–water partition coefficient (Wildman–Crippen LogP) is 1.21. The quantitative estimate of drug-likeness (QED) is 0.315. The number of nitrogens with two attached hydrogens (primary N) is 3. The molecule has 7 nitrogen and oxygen atoms in total. The molecule has 1 aromatic rings. The van der Waals surface area contributed by atoms with Crippen LogP contribution in [0.5, 0.6) is 0 Å². The van der Waals surface area contributed by atoms with Gasteiger partial charge < -0.3 is 27.4 Å². The molecule has 2 rings (SSSR count). The third kappa shape index (κ3) is 7.59. The van der Waals surface area contributed by atoms with E-state index in [1.165, 1.54) is 21.6 Å². The van der Waals surface area contributed by atoms with Crippen LogP contribution < -0.4 is 22.5 Å². The van der Waals surface area contributed by atoms with Crippen molar-refractivity contribution in [3.63, 3.8) is 0 Å². The van der Waals surface area contributed by atoms with Crippen molar-refractivity contribution < 1.29 is 9.59 Å². The minimum absolute atomic E-state index is 0.0121. The molecule has 154 valence electrons. The molecule has 28 heavy (non-hydrogen) atoms. The molecule has 2 unspecified atom stereocenters. The molecule has 1 fully saturated rings. The lowest BCUT2D eigenvalue weighted by molar-refractivity contribution is -0.131. The lowest BCUT2D eigenvalue weighted by Gasteiger charge is -2.19. The van der Waals surface area contributed by atoms with E-state index >= 15 is 0 Å². The molecule has 0 radical (unpaired) electrons. The normalized spacial score (nSPS) is 15.9. The third-order valence-electron chi connectivity index (χ3n) is 3.97. The zero-order chi connectivity index (χ0) is 20.5. The number of carbonyl (C=O) groups is 2. The highest BCUT2D eigenvalue weighted by molar-refractivity contribution is 8.76. The number of hydrogen-bond donors (Lipinski definition) is 4. The van der Waals surface area contributed by atoms with Gasteiger partial charge in [0.2, 0.25) is 11.8 Å². The Bertz CT molecular complexity index is 680. The number of benzene rings is 1. The Morgan fingerprint density at radius 1 is 1.21 bits per heavy atom. The number of anilines is 1. The van der Waals surface area contributed by atoms with Crippen LogP contribution in [-0.2, 0) is 16.0 Å².